The molecule has 1 aliphatic rings. The molecule has 1 N–H and O–H groups in total. The quantitative estimate of drug-likeness (QED) is 0.858. The molecule has 0 radical (unpaired) electrons. The van der Waals surface area contributed by atoms with Gasteiger partial charge in [0.2, 0.25) is 0 Å². The van der Waals surface area contributed by atoms with Gasteiger partial charge in [-0.05, 0) is 31.5 Å². The van der Waals surface area contributed by atoms with E-state index in [0.29, 0.717) is 24.0 Å². The van der Waals surface area contributed by atoms with Gasteiger partial charge in [0.1, 0.15) is 0 Å². The summed E-state index contributed by atoms with van der Waals surface area (Å²) in [5.74, 6) is -0.317. The van der Waals surface area contributed by atoms with Crippen molar-refractivity contribution in [2.24, 2.45) is 5.10 Å². The molecular weight excluding hydrogens is 368 g/mol. The summed E-state index contributed by atoms with van der Waals surface area (Å²) in [5, 5.41) is 16.9. The monoisotopic (exact) mass is 386 g/mol. The Morgan fingerprint density at radius 2 is 2.00 bits per heavy atom. The van der Waals surface area contributed by atoms with Crippen LogP contribution in [0.15, 0.2) is 58.1 Å². The molecule has 1 aliphatic heterocycles. The van der Waals surface area contributed by atoms with Crippen molar-refractivity contribution in [3.05, 3.63) is 69.7 Å². The molecule has 3 rings (SSSR count). The van der Waals surface area contributed by atoms with E-state index in [0.717, 1.165) is 15.7 Å². The Labute approximate surface area is 149 Å². The van der Waals surface area contributed by atoms with Crippen molar-refractivity contribution in [3.8, 4) is 0 Å². The normalized spacial score (nSPS) is 20.2. The van der Waals surface area contributed by atoms with E-state index >= 15 is 0 Å². The molecule has 2 aromatic carbocycles. The summed E-state index contributed by atoms with van der Waals surface area (Å²) >= 11 is 3.38. The molecule has 5 heteroatoms. The standard InChI is InChI=1S/C19H19BrN2O2/c1-3-17-12-19(24,15-9-7-13(2)8-10-15)22(21-17)18(23)14-5-4-6-16(20)11-14/h4-11,24H,3,12H2,1-2H3/t19-/m0/s1. The number of rotatable bonds is 3. The zero-order valence-corrected chi connectivity index (χ0v) is 15.2. The predicted octanol–water partition coefficient (Wildman–Crippen LogP) is 4.21. The smallest absolute Gasteiger partial charge is 0.276 e. The molecule has 0 bridgehead atoms. The fraction of sp³-hybridized carbons (Fsp3) is 0.263. The Morgan fingerprint density at radius 1 is 1.29 bits per heavy atom. The summed E-state index contributed by atoms with van der Waals surface area (Å²) in [6.45, 7) is 3.96. The number of nitrogens with zero attached hydrogens (tertiary/aromatic N) is 2. The van der Waals surface area contributed by atoms with Crippen molar-refractivity contribution >= 4 is 27.5 Å². The van der Waals surface area contributed by atoms with Crippen LogP contribution in [0, 0.1) is 6.92 Å². The predicted molar refractivity (Wildman–Crippen MR) is 97.7 cm³/mol. The first-order valence-electron chi connectivity index (χ1n) is 7.90. The number of aryl methyl sites for hydroxylation is 1. The lowest BCUT2D eigenvalue weighted by atomic mass is 9.95. The van der Waals surface area contributed by atoms with Crippen LogP contribution in [0.4, 0.5) is 0 Å². The van der Waals surface area contributed by atoms with Gasteiger partial charge in [-0.15, -0.1) is 0 Å². The summed E-state index contributed by atoms with van der Waals surface area (Å²) in [6, 6.07) is 14.7. The SMILES string of the molecule is CCC1=NN(C(=O)c2cccc(Br)c2)[C@@](O)(c2ccc(C)cc2)C1. The third-order valence-corrected chi connectivity index (χ3v) is 4.72. The molecule has 4 nitrogen and oxygen atoms in total. The van der Waals surface area contributed by atoms with Gasteiger partial charge in [0.05, 0.1) is 0 Å². The zero-order valence-electron chi connectivity index (χ0n) is 13.7. The largest absolute Gasteiger partial charge is 0.365 e. The van der Waals surface area contributed by atoms with Crippen LogP contribution in [0.5, 0.6) is 0 Å². The fourth-order valence-corrected chi connectivity index (χ4v) is 3.22. The van der Waals surface area contributed by atoms with Gasteiger partial charge < -0.3 is 5.11 Å². The van der Waals surface area contributed by atoms with Gasteiger partial charge in [-0.1, -0.05) is 58.7 Å². The summed E-state index contributed by atoms with van der Waals surface area (Å²) < 4.78 is 0.811. The molecular formula is C19H19BrN2O2. The Balaban J connectivity index is 2.03. The highest BCUT2D eigenvalue weighted by Gasteiger charge is 2.45. The molecule has 0 spiro atoms. The molecule has 24 heavy (non-hydrogen) atoms. The first kappa shape index (κ1) is 16.9. The molecule has 0 unspecified atom stereocenters. The van der Waals surface area contributed by atoms with E-state index in [1.807, 2.05) is 44.2 Å². The second-order valence-electron chi connectivity index (χ2n) is 6.01. The number of halogens is 1. The van der Waals surface area contributed by atoms with Crippen molar-refractivity contribution in [2.45, 2.75) is 32.4 Å². The highest BCUT2D eigenvalue weighted by Crippen LogP contribution is 2.37. The number of aliphatic hydroxyl groups is 1. The molecule has 1 heterocycles. The first-order valence-corrected chi connectivity index (χ1v) is 8.69. The number of carbonyl (C=O) groups excluding carboxylic acids is 1. The Kier molecular flexibility index (Phi) is 4.56. The average Bonchev–Trinajstić information content (AvgIpc) is 2.93. The lowest BCUT2D eigenvalue weighted by Gasteiger charge is -2.31. The topological polar surface area (TPSA) is 52.9 Å². The molecule has 0 aliphatic carbocycles. The number of hydrogen-bond acceptors (Lipinski definition) is 3. The lowest BCUT2D eigenvalue weighted by Crippen LogP contribution is -2.43. The Hall–Kier alpha value is -1.98. The molecule has 2 aromatic rings. The number of hydrogen-bond donors (Lipinski definition) is 1. The zero-order chi connectivity index (χ0) is 17.3. The van der Waals surface area contributed by atoms with Crippen molar-refractivity contribution in [2.75, 3.05) is 0 Å². The summed E-state index contributed by atoms with van der Waals surface area (Å²) in [5.41, 5.74) is 1.61. The van der Waals surface area contributed by atoms with Gasteiger partial charge in [-0.2, -0.15) is 10.1 Å². The van der Waals surface area contributed by atoms with E-state index in [2.05, 4.69) is 21.0 Å². The van der Waals surface area contributed by atoms with Crippen LogP contribution < -0.4 is 0 Å². The third kappa shape index (κ3) is 3.01. The minimum absolute atomic E-state index is 0.317. The number of carbonyl (C=O) groups is 1. The van der Waals surface area contributed by atoms with E-state index < -0.39 is 5.72 Å². The molecule has 0 fully saturated rings. The fourth-order valence-electron chi connectivity index (χ4n) is 2.82. The molecule has 1 amide bonds. The second kappa shape index (κ2) is 6.49. The highest BCUT2D eigenvalue weighted by atomic mass is 79.9. The molecule has 0 saturated heterocycles. The van der Waals surface area contributed by atoms with Crippen LogP contribution in [-0.2, 0) is 5.72 Å². The molecule has 0 saturated carbocycles. The van der Waals surface area contributed by atoms with Gasteiger partial charge in [0.25, 0.3) is 5.91 Å². The van der Waals surface area contributed by atoms with Crippen LogP contribution >= 0.6 is 15.9 Å². The van der Waals surface area contributed by atoms with Crippen molar-refractivity contribution < 1.29 is 9.90 Å². The van der Waals surface area contributed by atoms with E-state index in [-0.39, 0.29) is 5.91 Å². The second-order valence-corrected chi connectivity index (χ2v) is 6.92. The van der Waals surface area contributed by atoms with Gasteiger partial charge in [-0.25, -0.2) is 0 Å². The van der Waals surface area contributed by atoms with Crippen molar-refractivity contribution in [3.63, 3.8) is 0 Å². The molecule has 1 atom stereocenters. The number of hydrazone groups is 1. The van der Waals surface area contributed by atoms with Crippen LogP contribution in [0.2, 0.25) is 0 Å². The van der Waals surface area contributed by atoms with Crippen LogP contribution in [0.25, 0.3) is 0 Å². The van der Waals surface area contributed by atoms with Crippen LogP contribution in [0.3, 0.4) is 0 Å². The minimum atomic E-state index is -1.45. The van der Waals surface area contributed by atoms with Gasteiger partial charge in [-0.3, -0.25) is 4.79 Å². The minimum Gasteiger partial charge on any atom is -0.365 e. The van der Waals surface area contributed by atoms with Crippen LogP contribution in [0.1, 0.15) is 41.3 Å². The number of benzene rings is 2. The summed E-state index contributed by atoms with van der Waals surface area (Å²) in [4.78, 5) is 13.0. The summed E-state index contributed by atoms with van der Waals surface area (Å²) in [7, 11) is 0. The van der Waals surface area contributed by atoms with E-state index in [4.69, 9.17) is 0 Å². The third-order valence-electron chi connectivity index (χ3n) is 4.23. The Bertz CT molecular complexity index is 801. The summed E-state index contributed by atoms with van der Waals surface area (Å²) in [6.07, 6.45) is 1.02. The maximum absolute atomic E-state index is 13.0. The van der Waals surface area contributed by atoms with Gasteiger partial charge in [0.15, 0.2) is 5.72 Å². The maximum Gasteiger partial charge on any atom is 0.276 e. The molecule has 0 aromatic heterocycles. The van der Waals surface area contributed by atoms with Gasteiger partial charge in [0, 0.05) is 27.7 Å². The van der Waals surface area contributed by atoms with E-state index in [1.165, 1.54) is 5.01 Å². The van der Waals surface area contributed by atoms with Gasteiger partial charge >= 0.3 is 0 Å². The Morgan fingerprint density at radius 3 is 2.62 bits per heavy atom. The van der Waals surface area contributed by atoms with Crippen LogP contribution in [-0.4, -0.2) is 21.7 Å². The first-order chi connectivity index (χ1) is 11.4. The van der Waals surface area contributed by atoms with Crippen molar-refractivity contribution in [1.82, 2.24) is 5.01 Å². The molecule has 124 valence electrons. The van der Waals surface area contributed by atoms with E-state index in [1.54, 1.807) is 18.2 Å². The number of amides is 1. The lowest BCUT2D eigenvalue weighted by molar-refractivity contribution is -0.0765. The average molecular weight is 387 g/mol. The highest BCUT2D eigenvalue weighted by molar-refractivity contribution is 9.10. The maximum atomic E-state index is 13.0. The van der Waals surface area contributed by atoms with Crippen molar-refractivity contribution in [1.29, 1.82) is 0 Å². The van der Waals surface area contributed by atoms with E-state index in [9.17, 15) is 9.90 Å².